The summed E-state index contributed by atoms with van der Waals surface area (Å²) in [6, 6.07) is 8.53. The van der Waals surface area contributed by atoms with Gasteiger partial charge in [0, 0.05) is 43.7 Å². The zero-order valence-electron chi connectivity index (χ0n) is 19.1. The minimum absolute atomic E-state index is 0.166. The Bertz CT molecular complexity index is 679. The van der Waals surface area contributed by atoms with E-state index >= 15 is 0 Å². The molecule has 30 heavy (non-hydrogen) atoms. The van der Waals surface area contributed by atoms with Crippen molar-refractivity contribution in [3.63, 3.8) is 0 Å². The first kappa shape index (κ1) is 24.5. The number of guanidine groups is 1. The van der Waals surface area contributed by atoms with Crippen LogP contribution in [0.3, 0.4) is 0 Å². The average Bonchev–Trinajstić information content (AvgIpc) is 2.75. The van der Waals surface area contributed by atoms with Crippen LogP contribution in [0.15, 0.2) is 29.3 Å². The molecule has 0 spiro atoms. The number of likely N-dealkylation sites (N-methyl/N-ethyl adjacent to an activating group) is 1. The number of halogens is 1. The molecule has 1 unspecified atom stereocenters. The van der Waals surface area contributed by atoms with E-state index in [1.54, 1.807) is 7.05 Å². The summed E-state index contributed by atoms with van der Waals surface area (Å²) in [4.78, 5) is 21.2. The van der Waals surface area contributed by atoms with Crippen molar-refractivity contribution in [2.45, 2.75) is 51.6 Å². The Balaban J connectivity index is 1.86. The van der Waals surface area contributed by atoms with Crippen LogP contribution in [0.2, 0.25) is 5.02 Å². The van der Waals surface area contributed by atoms with E-state index in [0.29, 0.717) is 11.9 Å². The summed E-state index contributed by atoms with van der Waals surface area (Å²) in [7, 11) is 5.95. The number of carbonyl (C=O) groups excluding carboxylic acids is 1. The molecule has 1 aliphatic rings. The molecule has 0 bridgehead atoms. The van der Waals surface area contributed by atoms with Crippen LogP contribution in [0.1, 0.15) is 51.1 Å². The maximum Gasteiger partial charge on any atom is 0.225 e. The van der Waals surface area contributed by atoms with Gasteiger partial charge in [-0.3, -0.25) is 9.79 Å². The summed E-state index contributed by atoms with van der Waals surface area (Å²) >= 11 is 6.03. The molecule has 1 heterocycles. The Kier molecular flexibility index (Phi) is 9.92. The number of aliphatic imine (C=N–C) groups is 1. The zero-order chi connectivity index (χ0) is 22.1. The smallest absolute Gasteiger partial charge is 0.225 e. The van der Waals surface area contributed by atoms with E-state index in [-0.39, 0.29) is 12.0 Å². The van der Waals surface area contributed by atoms with Gasteiger partial charge in [-0.25, -0.2) is 0 Å². The Labute approximate surface area is 187 Å². The largest absolute Gasteiger partial charge is 0.354 e. The van der Waals surface area contributed by atoms with E-state index in [2.05, 4.69) is 60.6 Å². The van der Waals surface area contributed by atoms with Crippen molar-refractivity contribution in [3.8, 4) is 0 Å². The minimum atomic E-state index is 0.166. The molecular weight excluding hydrogens is 398 g/mol. The van der Waals surface area contributed by atoms with Gasteiger partial charge in [0.05, 0.1) is 6.04 Å². The lowest BCUT2D eigenvalue weighted by Crippen LogP contribution is -2.51. The van der Waals surface area contributed by atoms with Crippen LogP contribution in [0, 0.1) is 5.92 Å². The van der Waals surface area contributed by atoms with Crippen molar-refractivity contribution in [3.05, 3.63) is 34.9 Å². The molecule has 1 atom stereocenters. The molecule has 1 saturated heterocycles. The van der Waals surface area contributed by atoms with Gasteiger partial charge in [0.1, 0.15) is 0 Å². The van der Waals surface area contributed by atoms with Gasteiger partial charge in [-0.05, 0) is 57.5 Å². The number of hydrogen-bond acceptors (Lipinski definition) is 3. The summed E-state index contributed by atoms with van der Waals surface area (Å²) in [5, 5.41) is 7.75. The van der Waals surface area contributed by atoms with E-state index in [1.165, 1.54) is 5.56 Å². The van der Waals surface area contributed by atoms with Crippen LogP contribution in [-0.2, 0) is 4.79 Å². The first-order valence-electron chi connectivity index (χ1n) is 11.1. The van der Waals surface area contributed by atoms with E-state index < -0.39 is 0 Å². The third kappa shape index (κ3) is 6.88. The van der Waals surface area contributed by atoms with E-state index in [4.69, 9.17) is 11.6 Å². The van der Waals surface area contributed by atoms with Gasteiger partial charge in [0.15, 0.2) is 5.96 Å². The molecule has 0 saturated carbocycles. The second-order valence-electron chi connectivity index (χ2n) is 8.24. The number of rotatable bonds is 8. The average molecular weight is 436 g/mol. The number of likely N-dealkylation sites (tertiary alicyclic amines) is 1. The molecule has 2 N–H and O–H groups in total. The van der Waals surface area contributed by atoms with Gasteiger partial charge in [-0.15, -0.1) is 0 Å². The molecule has 0 radical (unpaired) electrons. The number of benzene rings is 1. The van der Waals surface area contributed by atoms with E-state index in [0.717, 1.165) is 56.3 Å². The Morgan fingerprint density at radius 3 is 2.30 bits per heavy atom. The van der Waals surface area contributed by atoms with Gasteiger partial charge in [-0.1, -0.05) is 37.6 Å². The Morgan fingerprint density at radius 1 is 1.20 bits per heavy atom. The Hall–Kier alpha value is -1.79. The molecular formula is C23H38ClN5O. The number of amides is 1. The molecule has 168 valence electrons. The summed E-state index contributed by atoms with van der Waals surface area (Å²) in [5.74, 6) is 1.29. The first-order chi connectivity index (χ1) is 14.4. The molecule has 1 fully saturated rings. The third-order valence-electron chi connectivity index (χ3n) is 6.05. The number of hydrogen-bond donors (Lipinski definition) is 2. The van der Waals surface area contributed by atoms with Crippen LogP contribution in [0.5, 0.6) is 0 Å². The number of nitrogens with zero attached hydrogens (tertiary/aromatic N) is 3. The topological polar surface area (TPSA) is 60.0 Å². The molecule has 2 rings (SSSR count). The molecule has 1 aromatic rings. The highest BCUT2D eigenvalue weighted by Gasteiger charge is 2.27. The van der Waals surface area contributed by atoms with Crippen molar-refractivity contribution in [2.24, 2.45) is 10.9 Å². The minimum Gasteiger partial charge on any atom is -0.354 e. The maximum absolute atomic E-state index is 12.6. The predicted octanol–water partition coefficient (Wildman–Crippen LogP) is 3.53. The molecule has 0 aromatic heterocycles. The standard InChI is InChI=1S/C23H38ClN5O/c1-6-17(7-2)22(30)29-14-12-20(13-15-29)27-23(25-3)26-16-21(28(4)5)18-8-10-19(24)11-9-18/h8-11,17,20-21H,6-7,12-16H2,1-5H3,(H2,25,26,27). The number of piperidine rings is 1. The lowest BCUT2D eigenvalue weighted by Gasteiger charge is -2.35. The fourth-order valence-electron chi connectivity index (χ4n) is 4.01. The monoisotopic (exact) mass is 435 g/mol. The quantitative estimate of drug-likeness (QED) is 0.484. The van der Waals surface area contributed by atoms with Crippen molar-refractivity contribution in [1.29, 1.82) is 0 Å². The van der Waals surface area contributed by atoms with Gasteiger partial charge in [-0.2, -0.15) is 0 Å². The lowest BCUT2D eigenvalue weighted by atomic mass is 9.98. The molecule has 1 amide bonds. The molecule has 6 nitrogen and oxygen atoms in total. The summed E-state index contributed by atoms with van der Waals surface area (Å²) in [5.41, 5.74) is 1.21. The van der Waals surface area contributed by atoms with Crippen molar-refractivity contribution in [2.75, 3.05) is 40.8 Å². The maximum atomic E-state index is 12.6. The van der Waals surface area contributed by atoms with Crippen molar-refractivity contribution < 1.29 is 4.79 Å². The van der Waals surface area contributed by atoms with Crippen LogP contribution >= 0.6 is 11.6 Å². The summed E-state index contributed by atoms with van der Waals surface area (Å²) < 4.78 is 0. The zero-order valence-corrected chi connectivity index (χ0v) is 19.9. The predicted molar refractivity (Wildman–Crippen MR) is 126 cm³/mol. The fourth-order valence-corrected chi connectivity index (χ4v) is 4.13. The third-order valence-corrected chi connectivity index (χ3v) is 6.30. The van der Waals surface area contributed by atoms with Crippen molar-refractivity contribution in [1.82, 2.24) is 20.4 Å². The first-order valence-corrected chi connectivity index (χ1v) is 11.4. The molecule has 1 aliphatic heterocycles. The molecule has 7 heteroatoms. The number of carbonyl (C=O) groups is 1. The highest BCUT2D eigenvalue weighted by atomic mass is 35.5. The second-order valence-corrected chi connectivity index (χ2v) is 8.68. The SMILES string of the molecule is CCC(CC)C(=O)N1CCC(NC(=NC)NCC(c2ccc(Cl)cc2)N(C)C)CC1. The highest BCUT2D eigenvalue weighted by molar-refractivity contribution is 6.30. The molecule has 1 aromatic carbocycles. The van der Waals surface area contributed by atoms with Crippen LogP contribution < -0.4 is 10.6 Å². The van der Waals surface area contributed by atoms with Gasteiger partial charge >= 0.3 is 0 Å². The van der Waals surface area contributed by atoms with Gasteiger partial charge < -0.3 is 20.4 Å². The summed E-state index contributed by atoms with van der Waals surface area (Å²) in [6.07, 6.45) is 3.73. The number of nitrogens with one attached hydrogen (secondary N) is 2. The van der Waals surface area contributed by atoms with E-state index in [1.807, 2.05) is 17.0 Å². The highest BCUT2D eigenvalue weighted by Crippen LogP contribution is 2.20. The lowest BCUT2D eigenvalue weighted by molar-refractivity contribution is -0.136. The Morgan fingerprint density at radius 2 is 1.80 bits per heavy atom. The molecule has 0 aliphatic carbocycles. The normalized spacial score (nSPS) is 16.8. The van der Waals surface area contributed by atoms with Gasteiger partial charge in [0.25, 0.3) is 0 Å². The van der Waals surface area contributed by atoms with Crippen molar-refractivity contribution >= 4 is 23.5 Å². The summed E-state index contributed by atoms with van der Waals surface area (Å²) in [6.45, 7) is 6.56. The van der Waals surface area contributed by atoms with Crippen LogP contribution in [0.25, 0.3) is 0 Å². The second kappa shape index (κ2) is 12.2. The van der Waals surface area contributed by atoms with E-state index in [9.17, 15) is 4.79 Å². The van der Waals surface area contributed by atoms with Crippen LogP contribution in [-0.4, -0.2) is 68.5 Å². The van der Waals surface area contributed by atoms with Crippen LogP contribution in [0.4, 0.5) is 0 Å². The fraction of sp³-hybridized carbons (Fsp3) is 0.652. The van der Waals surface area contributed by atoms with Gasteiger partial charge in [0.2, 0.25) is 5.91 Å².